The highest BCUT2D eigenvalue weighted by Gasteiger charge is 2.52. The number of hydrogen-bond donors (Lipinski definition) is 1. The smallest absolute Gasteiger partial charge is 0.229 e. The van der Waals surface area contributed by atoms with Gasteiger partial charge in [0.05, 0.1) is 5.69 Å². The number of anilines is 2. The lowest BCUT2D eigenvalue weighted by Crippen LogP contribution is -2.28. The maximum atomic E-state index is 6.25. The lowest BCUT2D eigenvalue weighted by Gasteiger charge is -2.20. The van der Waals surface area contributed by atoms with Crippen LogP contribution in [0.5, 0.6) is 0 Å². The van der Waals surface area contributed by atoms with Crippen molar-refractivity contribution in [1.29, 1.82) is 0 Å². The Labute approximate surface area is 182 Å². The largest absolute Gasteiger partial charge is 0.322 e. The van der Waals surface area contributed by atoms with E-state index in [0.717, 1.165) is 35.1 Å². The quantitative estimate of drug-likeness (QED) is 0.588. The van der Waals surface area contributed by atoms with Gasteiger partial charge in [0.2, 0.25) is 5.95 Å². The lowest BCUT2D eigenvalue weighted by atomic mass is 9.95. The fraction of sp³-hybridized carbons (Fsp3) is 0.375. The molecule has 5 rings (SSSR count). The molecule has 5 nitrogen and oxygen atoms in total. The van der Waals surface area contributed by atoms with Crippen molar-refractivity contribution in [3.05, 3.63) is 60.0 Å². The first kappa shape index (κ1) is 19.5. The van der Waals surface area contributed by atoms with Crippen LogP contribution >= 0.6 is 11.8 Å². The second kappa shape index (κ2) is 7.06. The van der Waals surface area contributed by atoms with Crippen LogP contribution in [-0.2, 0) is 11.0 Å². The van der Waals surface area contributed by atoms with E-state index >= 15 is 0 Å². The molecule has 1 spiro atoms. The predicted molar refractivity (Wildman–Crippen MR) is 123 cm³/mol. The van der Waals surface area contributed by atoms with Crippen molar-refractivity contribution in [2.24, 2.45) is 5.73 Å². The standard InChI is InChI=1S/C24H27N5S/c1-4-30-18-5-6-19-21(12-18)29(15-24(19)8-9-24)22-27-13-16(14-28-22)20-11-17(7-10-26-20)23(2,3)25/h5-7,10-14H,4,8-9,15,25H2,1-3H3. The number of thioether (sulfide) groups is 1. The Kier molecular flexibility index (Phi) is 4.60. The fourth-order valence-electron chi connectivity index (χ4n) is 4.25. The molecule has 0 saturated heterocycles. The molecule has 1 fully saturated rings. The number of aromatic nitrogens is 3. The molecule has 3 heterocycles. The number of pyridine rings is 1. The SMILES string of the molecule is CCSc1ccc2c(c1)N(c1ncc(-c3cc(C(C)(C)N)ccn3)cn1)CC21CC1. The summed E-state index contributed by atoms with van der Waals surface area (Å²) in [6.45, 7) is 7.15. The topological polar surface area (TPSA) is 67.9 Å². The summed E-state index contributed by atoms with van der Waals surface area (Å²) in [5.41, 5.74) is 11.7. The second-order valence-electron chi connectivity index (χ2n) is 8.90. The van der Waals surface area contributed by atoms with Gasteiger partial charge in [0.1, 0.15) is 0 Å². The molecule has 154 valence electrons. The van der Waals surface area contributed by atoms with Crippen LogP contribution in [0.2, 0.25) is 0 Å². The van der Waals surface area contributed by atoms with Crippen LogP contribution in [0.25, 0.3) is 11.3 Å². The molecule has 0 radical (unpaired) electrons. The summed E-state index contributed by atoms with van der Waals surface area (Å²) in [6.07, 6.45) is 8.05. The Bertz CT molecular complexity index is 1080. The van der Waals surface area contributed by atoms with E-state index in [1.165, 1.54) is 29.0 Å². The molecule has 1 saturated carbocycles. The zero-order valence-corrected chi connectivity index (χ0v) is 18.5. The highest BCUT2D eigenvalue weighted by molar-refractivity contribution is 7.99. The average molecular weight is 418 g/mol. The number of rotatable bonds is 5. The van der Waals surface area contributed by atoms with E-state index in [9.17, 15) is 0 Å². The molecule has 30 heavy (non-hydrogen) atoms. The van der Waals surface area contributed by atoms with Gasteiger partial charge in [-0.15, -0.1) is 11.8 Å². The molecule has 3 aromatic rings. The van der Waals surface area contributed by atoms with E-state index in [4.69, 9.17) is 15.7 Å². The lowest BCUT2D eigenvalue weighted by molar-refractivity contribution is 0.554. The van der Waals surface area contributed by atoms with Crippen molar-refractivity contribution < 1.29 is 0 Å². The van der Waals surface area contributed by atoms with Crippen molar-refractivity contribution in [2.75, 3.05) is 17.2 Å². The molecule has 2 aliphatic rings. The number of hydrogen-bond acceptors (Lipinski definition) is 6. The zero-order valence-electron chi connectivity index (χ0n) is 17.7. The van der Waals surface area contributed by atoms with E-state index in [0.29, 0.717) is 5.41 Å². The molecule has 0 bridgehead atoms. The van der Waals surface area contributed by atoms with Gasteiger partial charge in [-0.2, -0.15) is 0 Å². The first-order valence-electron chi connectivity index (χ1n) is 10.5. The first-order chi connectivity index (χ1) is 14.4. The van der Waals surface area contributed by atoms with Crippen LogP contribution in [0.15, 0.2) is 53.8 Å². The normalized spacial score (nSPS) is 16.7. The van der Waals surface area contributed by atoms with Crippen LogP contribution in [-0.4, -0.2) is 27.2 Å². The van der Waals surface area contributed by atoms with Gasteiger partial charge >= 0.3 is 0 Å². The van der Waals surface area contributed by atoms with Crippen molar-refractivity contribution in [2.45, 2.75) is 49.5 Å². The molecular formula is C24H27N5S. The van der Waals surface area contributed by atoms with Crippen molar-refractivity contribution in [1.82, 2.24) is 15.0 Å². The zero-order chi connectivity index (χ0) is 20.9. The summed E-state index contributed by atoms with van der Waals surface area (Å²) in [6, 6.07) is 10.9. The number of nitrogens with zero attached hydrogens (tertiary/aromatic N) is 4. The van der Waals surface area contributed by atoms with Gasteiger partial charge in [-0.05, 0) is 67.8 Å². The van der Waals surface area contributed by atoms with Gasteiger partial charge in [-0.1, -0.05) is 13.0 Å². The third kappa shape index (κ3) is 3.38. The molecule has 6 heteroatoms. The minimum absolute atomic E-state index is 0.301. The summed E-state index contributed by atoms with van der Waals surface area (Å²) in [7, 11) is 0. The van der Waals surface area contributed by atoms with Crippen LogP contribution in [0, 0.1) is 0 Å². The third-order valence-corrected chi connectivity index (χ3v) is 7.01. The Morgan fingerprint density at radius 3 is 2.53 bits per heavy atom. The summed E-state index contributed by atoms with van der Waals surface area (Å²) in [5, 5.41) is 0. The van der Waals surface area contributed by atoms with Crippen LogP contribution in [0.1, 0.15) is 44.7 Å². The van der Waals surface area contributed by atoms with E-state index in [2.05, 4.69) is 35.0 Å². The van der Waals surface area contributed by atoms with Gasteiger partial charge in [-0.25, -0.2) is 9.97 Å². The number of nitrogens with two attached hydrogens (primary N) is 1. The maximum absolute atomic E-state index is 6.25. The first-order valence-corrected chi connectivity index (χ1v) is 11.5. The molecular weight excluding hydrogens is 390 g/mol. The molecule has 0 unspecified atom stereocenters. The van der Waals surface area contributed by atoms with Crippen molar-refractivity contribution in [3.63, 3.8) is 0 Å². The number of benzene rings is 1. The molecule has 2 aromatic heterocycles. The van der Waals surface area contributed by atoms with Crippen LogP contribution in [0.3, 0.4) is 0 Å². The van der Waals surface area contributed by atoms with Crippen molar-refractivity contribution in [3.8, 4) is 11.3 Å². The number of fused-ring (bicyclic) bond motifs is 2. The summed E-state index contributed by atoms with van der Waals surface area (Å²) < 4.78 is 0. The molecule has 0 amide bonds. The highest BCUT2D eigenvalue weighted by atomic mass is 32.2. The second-order valence-corrected chi connectivity index (χ2v) is 10.2. The van der Waals surface area contributed by atoms with Gasteiger partial charge in [0.15, 0.2) is 0 Å². The Hall–Kier alpha value is -2.44. The summed E-state index contributed by atoms with van der Waals surface area (Å²) >= 11 is 1.88. The molecule has 1 aliphatic heterocycles. The fourth-order valence-corrected chi connectivity index (χ4v) is 4.94. The molecule has 1 aromatic carbocycles. The molecule has 1 aliphatic carbocycles. The van der Waals surface area contributed by atoms with Gasteiger partial charge in [-0.3, -0.25) is 4.98 Å². The minimum atomic E-state index is -0.412. The molecule has 2 N–H and O–H groups in total. The van der Waals surface area contributed by atoms with Gasteiger partial charge in [0, 0.05) is 52.2 Å². The van der Waals surface area contributed by atoms with Gasteiger partial charge < -0.3 is 10.6 Å². The third-order valence-electron chi connectivity index (χ3n) is 6.14. The van der Waals surface area contributed by atoms with Crippen molar-refractivity contribution >= 4 is 23.4 Å². The van der Waals surface area contributed by atoms with E-state index in [-0.39, 0.29) is 0 Å². The highest BCUT2D eigenvalue weighted by Crippen LogP contribution is 2.58. The van der Waals surface area contributed by atoms with E-state index < -0.39 is 5.54 Å². The maximum Gasteiger partial charge on any atom is 0.229 e. The van der Waals surface area contributed by atoms with E-state index in [1.807, 2.05) is 50.1 Å². The molecule has 0 atom stereocenters. The Morgan fingerprint density at radius 1 is 1.10 bits per heavy atom. The monoisotopic (exact) mass is 417 g/mol. The van der Waals surface area contributed by atoms with Crippen LogP contribution in [0.4, 0.5) is 11.6 Å². The average Bonchev–Trinajstić information content (AvgIpc) is 3.45. The van der Waals surface area contributed by atoms with E-state index in [1.54, 1.807) is 6.20 Å². The minimum Gasteiger partial charge on any atom is -0.322 e. The van der Waals surface area contributed by atoms with Crippen LogP contribution < -0.4 is 10.6 Å². The summed E-state index contributed by atoms with van der Waals surface area (Å²) in [4.78, 5) is 17.6. The Balaban J connectivity index is 1.47. The predicted octanol–water partition coefficient (Wildman–Crippen LogP) is 5.03. The van der Waals surface area contributed by atoms with Gasteiger partial charge in [0.25, 0.3) is 0 Å². The summed E-state index contributed by atoms with van der Waals surface area (Å²) in [5.74, 6) is 1.83. The Morgan fingerprint density at radius 2 is 1.87 bits per heavy atom.